The third-order valence-electron chi connectivity index (χ3n) is 4.89. The molecule has 128 valence electrons. The Morgan fingerprint density at radius 3 is 2.09 bits per heavy atom. The van der Waals surface area contributed by atoms with Crippen LogP contribution in [-0.2, 0) is 6.54 Å². The van der Waals surface area contributed by atoms with Gasteiger partial charge in [-0.25, -0.2) is 0 Å². The Morgan fingerprint density at radius 2 is 1.57 bits per heavy atom. The van der Waals surface area contributed by atoms with Crippen molar-refractivity contribution in [3.05, 3.63) is 23.8 Å². The van der Waals surface area contributed by atoms with Crippen molar-refractivity contribution < 1.29 is 14.6 Å². The van der Waals surface area contributed by atoms with Crippen molar-refractivity contribution in [3.63, 3.8) is 0 Å². The summed E-state index contributed by atoms with van der Waals surface area (Å²) in [7, 11) is 3.37. The molecule has 1 heterocycles. The van der Waals surface area contributed by atoms with E-state index in [0.717, 1.165) is 50.8 Å². The molecule has 3 rings (SSSR count). The topological polar surface area (TPSA) is 45.2 Å². The zero-order valence-electron chi connectivity index (χ0n) is 14.2. The second-order valence-electron chi connectivity index (χ2n) is 6.70. The van der Waals surface area contributed by atoms with E-state index in [4.69, 9.17) is 9.47 Å². The fourth-order valence-corrected chi connectivity index (χ4v) is 3.24. The molecule has 1 saturated carbocycles. The molecule has 0 spiro atoms. The van der Waals surface area contributed by atoms with E-state index in [1.54, 1.807) is 14.2 Å². The lowest BCUT2D eigenvalue weighted by molar-refractivity contribution is 0.0601. The van der Waals surface area contributed by atoms with E-state index in [0.29, 0.717) is 5.92 Å². The van der Waals surface area contributed by atoms with Crippen molar-refractivity contribution in [2.24, 2.45) is 5.92 Å². The molecular weight excluding hydrogens is 292 g/mol. The van der Waals surface area contributed by atoms with Crippen LogP contribution in [0.15, 0.2) is 18.2 Å². The third-order valence-corrected chi connectivity index (χ3v) is 4.89. The summed E-state index contributed by atoms with van der Waals surface area (Å²) in [5.41, 5.74) is 1.22. The molecule has 1 N–H and O–H groups in total. The third kappa shape index (κ3) is 4.59. The highest BCUT2D eigenvalue weighted by Crippen LogP contribution is 2.33. The quantitative estimate of drug-likeness (QED) is 0.827. The summed E-state index contributed by atoms with van der Waals surface area (Å²) in [5, 5.41) is 10.1. The molecule has 0 radical (unpaired) electrons. The number of aliphatic hydroxyl groups excluding tert-OH is 1. The molecule has 0 unspecified atom stereocenters. The Hall–Kier alpha value is -1.30. The first kappa shape index (κ1) is 16.6. The van der Waals surface area contributed by atoms with Gasteiger partial charge in [0.2, 0.25) is 0 Å². The number of β-amino-alcohol motifs (C(OH)–C–C–N with tert-alkyl or cyclic N) is 1. The van der Waals surface area contributed by atoms with Crippen LogP contribution in [0.1, 0.15) is 18.4 Å². The summed E-state index contributed by atoms with van der Waals surface area (Å²) >= 11 is 0. The van der Waals surface area contributed by atoms with Gasteiger partial charge in [0.05, 0.1) is 20.3 Å². The van der Waals surface area contributed by atoms with Crippen LogP contribution in [0.3, 0.4) is 0 Å². The molecule has 2 fully saturated rings. The molecule has 1 aliphatic heterocycles. The van der Waals surface area contributed by atoms with Crippen LogP contribution < -0.4 is 9.47 Å². The lowest BCUT2D eigenvalue weighted by atomic mass is 10.1. The van der Waals surface area contributed by atoms with Crippen LogP contribution in [0.4, 0.5) is 0 Å². The van der Waals surface area contributed by atoms with E-state index >= 15 is 0 Å². The van der Waals surface area contributed by atoms with Crippen LogP contribution in [0.2, 0.25) is 0 Å². The van der Waals surface area contributed by atoms with Gasteiger partial charge in [0.25, 0.3) is 0 Å². The zero-order chi connectivity index (χ0) is 16.2. The Morgan fingerprint density at radius 1 is 1.00 bits per heavy atom. The maximum absolute atomic E-state index is 10.1. The second kappa shape index (κ2) is 7.51. The monoisotopic (exact) mass is 320 g/mol. The minimum atomic E-state index is -0.121. The summed E-state index contributed by atoms with van der Waals surface area (Å²) in [6, 6.07) is 6.05. The van der Waals surface area contributed by atoms with Gasteiger partial charge in [0.1, 0.15) is 11.5 Å². The van der Waals surface area contributed by atoms with Crippen LogP contribution in [0.5, 0.6) is 11.5 Å². The SMILES string of the molecule is COc1cc(CN2CCN(C[C@@H](O)C3CC3)CC2)cc(OC)c1. The molecule has 5 nitrogen and oxygen atoms in total. The standard InChI is InChI=1S/C18H28N2O3/c1-22-16-9-14(10-17(11-16)23-2)12-19-5-7-20(8-6-19)13-18(21)15-3-4-15/h9-11,15,18,21H,3-8,12-13H2,1-2H3/t18-/m1/s1. The van der Waals surface area contributed by atoms with E-state index in [9.17, 15) is 5.11 Å². The van der Waals surface area contributed by atoms with Gasteiger partial charge < -0.3 is 14.6 Å². The van der Waals surface area contributed by atoms with Gasteiger partial charge >= 0.3 is 0 Å². The van der Waals surface area contributed by atoms with E-state index < -0.39 is 0 Å². The predicted octanol–water partition coefficient (Wildman–Crippen LogP) is 1.59. The Kier molecular flexibility index (Phi) is 5.41. The molecule has 1 aliphatic carbocycles. The van der Waals surface area contributed by atoms with Crippen LogP contribution in [0.25, 0.3) is 0 Å². The fourth-order valence-electron chi connectivity index (χ4n) is 3.24. The molecule has 1 saturated heterocycles. The number of ether oxygens (including phenoxy) is 2. The van der Waals surface area contributed by atoms with Crippen LogP contribution in [0, 0.1) is 5.92 Å². The number of piperazine rings is 1. The molecular formula is C18H28N2O3. The Labute approximate surface area is 138 Å². The molecule has 0 aromatic heterocycles. The van der Waals surface area contributed by atoms with Crippen LogP contribution >= 0.6 is 0 Å². The maximum atomic E-state index is 10.1. The highest BCUT2D eigenvalue weighted by atomic mass is 16.5. The van der Waals surface area contributed by atoms with Crippen molar-refractivity contribution in [1.29, 1.82) is 0 Å². The van der Waals surface area contributed by atoms with Crippen molar-refractivity contribution in [3.8, 4) is 11.5 Å². The minimum absolute atomic E-state index is 0.121. The number of hydrogen-bond donors (Lipinski definition) is 1. The number of methoxy groups -OCH3 is 2. The summed E-state index contributed by atoms with van der Waals surface area (Å²) in [6.45, 7) is 5.89. The highest BCUT2D eigenvalue weighted by molar-refractivity contribution is 5.38. The number of hydrogen-bond acceptors (Lipinski definition) is 5. The smallest absolute Gasteiger partial charge is 0.122 e. The van der Waals surface area contributed by atoms with E-state index in [1.807, 2.05) is 6.07 Å². The number of nitrogens with zero attached hydrogens (tertiary/aromatic N) is 2. The van der Waals surface area contributed by atoms with Gasteiger partial charge in [-0.3, -0.25) is 9.80 Å². The van der Waals surface area contributed by atoms with E-state index in [-0.39, 0.29) is 6.10 Å². The van der Waals surface area contributed by atoms with Crippen molar-refractivity contribution in [1.82, 2.24) is 9.80 Å². The Balaban J connectivity index is 1.50. The number of aliphatic hydroxyl groups is 1. The zero-order valence-corrected chi connectivity index (χ0v) is 14.2. The van der Waals surface area contributed by atoms with Crippen molar-refractivity contribution >= 4 is 0 Å². The van der Waals surface area contributed by atoms with Crippen molar-refractivity contribution in [2.45, 2.75) is 25.5 Å². The first-order chi connectivity index (χ1) is 11.2. The second-order valence-corrected chi connectivity index (χ2v) is 6.70. The molecule has 1 aromatic carbocycles. The summed E-state index contributed by atoms with van der Waals surface area (Å²) in [4.78, 5) is 4.85. The average Bonchev–Trinajstić information content (AvgIpc) is 3.41. The van der Waals surface area contributed by atoms with Gasteiger partial charge in [-0.15, -0.1) is 0 Å². The number of rotatable bonds is 7. The van der Waals surface area contributed by atoms with Crippen molar-refractivity contribution in [2.75, 3.05) is 46.9 Å². The molecule has 1 aromatic rings. The Bertz CT molecular complexity index is 489. The molecule has 2 aliphatic rings. The van der Waals surface area contributed by atoms with Gasteiger partial charge in [-0.05, 0) is 36.5 Å². The lowest BCUT2D eigenvalue weighted by Gasteiger charge is -2.35. The van der Waals surface area contributed by atoms with E-state index in [1.165, 1.54) is 18.4 Å². The normalized spacial score (nSPS) is 21.2. The molecule has 23 heavy (non-hydrogen) atoms. The van der Waals surface area contributed by atoms with Gasteiger partial charge in [0.15, 0.2) is 0 Å². The van der Waals surface area contributed by atoms with Gasteiger partial charge in [-0.2, -0.15) is 0 Å². The van der Waals surface area contributed by atoms with E-state index in [2.05, 4.69) is 21.9 Å². The summed E-state index contributed by atoms with van der Waals surface area (Å²) < 4.78 is 10.7. The molecule has 1 atom stereocenters. The molecule has 0 bridgehead atoms. The van der Waals surface area contributed by atoms with Gasteiger partial charge in [-0.1, -0.05) is 0 Å². The molecule has 5 heteroatoms. The maximum Gasteiger partial charge on any atom is 0.122 e. The largest absolute Gasteiger partial charge is 0.497 e. The summed E-state index contributed by atoms with van der Waals surface area (Å²) in [6.07, 6.45) is 2.29. The minimum Gasteiger partial charge on any atom is -0.497 e. The van der Waals surface area contributed by atoms with Crippen LogP contribution in [-0.4, -0.2) is 68.0 Å². The fraction of sp³-hybridized carbons (Fsp3) is 0.667. The van der Waals surface area contributed by atoms with Gasteiger partial charge in [0, 0.05) is 45.3 Å². The molecule has 0 amide bonds. The summed E-state index contributed by atoms with van der Waals surface area (Å²) in [5.74, 6) is 2.24. The first-order valence-corrected chi connectivity index (χ1v) is 8.52. The predicted molar refractivity (Wildman–Crippen MR) is 90.0 cm³/mol. The lowest BCUT2D eigenvalue weighted by Crippen LogP contribution is -2.48. The average molecular weight is 320 g/mol. The first-order valence-electron chi connectivity index (χ1n) is 8.52. The number of benzene rings is 1. The highest BCUT2D eigenvalue weighted by Gasteiger charge is 2.31.